The van der Waals surface area contributed by atoms with Gasteiger partial charge in [0.1, 0.15) is 0 Å². The molecular weight excluding hydrogens is 259 g/mol. The van der Waals surface area contributed by atoms with Crippen molar-refractivity contribution in [2.45, 2.75) is 34.6 Å². The molecule has 0 fully saturated rings. The van der Waals surface area contributed by atoms with Crippen LogP contribution in [0.25, 0.3) is 0 Å². The van der Waals surface area contributed by atoms with Crippen molar-refractivity contribution in [3.05, 3.63) is 47.8 Å². The maximum absolute atomic E-state index is 7.50. The van der Waals surface area contributed by atoms with Crippen LogP contribution < -0.4 is 0 Å². The van der Waals surface area contributed by atoms with Crippen LogP contribution in [0.5, 0.6) is 0 Å². The predicted octanol–water partition coefficient (Wildman–Crippen LogP) is 2.83. The summed E-state index contributed by atoms with van der Waals surface area (Å²) in [6, 6.07) is 0. The molecule has 4 heteroatoms. The van der Waals surface area contributed by atoms with Crippen molar-refractivity contribution in [3.63, 3.8) is 0 Å². The SMILES string of the molecule is Cc1c(C)c(C)[c-](C)c1C.[C-]#[O+].[C-]#[O+].[C-]#[O+].[Mn]. The van der Waals surface area contributed by atoms with Gasteiger partial charge in [0.05, 0.1) is 0 Å². The van der Waals surface area contributed by atoms with E-state index in [1.165, 1.54) is 27.8 Å². The van der Waals surface area contributed by atoms with Gasteiger partial charge in [-0.15, -0.1) is 0 Å². The second-order valence-electron chi connectivity index (χ2n) is 3.12. The first-order valence-electron chi connectivity index (χ1n) is 4.36. The molecule has 1 radical (unpaired) electrons. The third-order valence-electron chi connectivity index (χ3n) is 2.81. The summed E-state index contributed by atoms with van der Waals surface area (Å²) in [5.74, 6) is 0. The van der Waals surface area contributed by atoms with Crippen LogP contribution in [0.15, 0.2) is 0 Å². The Morgan fingerprint density at radius 1 is 0.706 bits per heavy atom. The molecule has 17 heavy (non-hydrogen) atoms. The predicted molar refractivity (Wildman–Crippen MR) is 57.5 cm³/mol. The van der Waals surface area contributed by atoms with Gasteiger partial charge in [0.15, 0.2) is 0 Å². The Morgan fingerprint density at radius 2 is 0.882 bits per heavy atom. The monoisotopic (exact) mass is 274 g/mol. The van der Waals surface area contributed by atoms with Crippen molar-refractivity contribution >= 4 is 0 Å². The van der Waals surface area contributed by atoms with Crippen LogP contribution in [0.1, 0.15) is 27.8 Å². The van der Waals surface area contributed by atoms with Crippen molar-refractivity contribution in [1.82, 2.24) is 0 Å². The summed E-state index contributed by atoms with van der Waals surface area (Å²) in [4.78, 5) is 0. The molecule has 0 saturated carbocycles. The summed E-state index contributed by atoms with van der Waals surface area (Å²) < 4.78 is 22.5. The molecule has 1 aromatic rings. The molecular formula is C13H15MnO3-. The summed E-state index contributed by atoms with van der Waals surface area (Å²) in [5.41, 5.74) is 7.34. The van der Waals surface area contributed by atoms with Crippen LogP contribution in [0, 0.1) is 54.6 Å². The molecule has 0 aliphatic heterocycles. The topological polar surface area (TPSA) is 59.7 Å². The van der Waals surface area contributed by atoms with E-state index < -0.39 is 0 Å². The summed E-state index contributed by atoms with van der Waals surface area (Å²) in [6.45, 7) is 24.5. The minimum absolute atomic E-state index is 0. The Hall–Kier alpha value is -0.911. The van der Waals surface area contributed by atoms with E-state index in [1.54, 1.807) is 0 Å². The second kappa shape index (κ2) is 15.1. The van der Waals surface area contributed by atoms with E-state index in [0.717, 1.165) is 0 Å². The molecule has 0 unspecified atom stereocenters. The van der Waals surface area contributed by atoms with Crippen molar-refractivity contribution in [2.75, 3.05) is 0 Å². The Kier molecular flexibility index (Phi) is 22.2. The number of rotatable bonds is 0. The molecule has 0 aliphatic carbocycles. The van der Waals surface area contributed by atoms with E-state index in [0.29, 0.717) is 0 Å². The number of hydrogen-bond donors (Lipinski definition) is 0. The van der Waals surface area contributed by atoms with Crippen molar-refractivity contribution in [3.8, 4) is 0 Å². The zero-order valence-corrected chi connectivity index (χ0v) is 11.8. The van der Waals surface area contributed by atoms with Crippen molar-refractivity contribution in [1.29, 1.82) is 0 Å². The third-order valence-corrected chi connectivity index (χ3v) is 2.81. The molecule has 0 aromatic heterocycles. The van der Waals surface area contributed by atoms with Gasteiger partial charge in [0.25, 0.3) is 0 Å². The fraction of sp³-hybridized carbons (Fsp3) is 0.385. The van der Waals surface area contributed by atoms with E-state index in [2.05, 4.69) is 54.6 Å². The van der Waals surface area contributed by atoms with Gasteiger partial charge < -0.3 is 0 Å². The average molecular weight is 274 g/mol. The Labute approximate surface area is 114 Å². The molecule has 1 aromatic carbocycles. The van der Waals surface area contributed by atoms with Gasteiger partial charge in [-0.25, -0.2) is 0 Å². The van der Waals surface area contributed by atoms with Gasteiger partial charge >= 0.3 is 33.9 Å². The van der Waals surface area contributed by atoms with Gasteiger partial charge in [-0.05, 0) is 0 Å². The van der Waals surface area contributed by atoms with Gasteiger partial charge in [-0.1, -0.05) is 34.6 Å². The van der Waals surface area contributed by atoms with Crippen LogP contribution in [-0.4, -0.2) is 0 Å². The quantitative estimate of drug-likeness (QED) is 0.397. The largest absolute Gasteiger partial charge is 0 e. The zero-order valence-electron chi connectivity index (χ0n) is 10.6. The summed E-state index contributed by atoms with van der Waals surface area (Å²) in [5, 5.41) is 0. The fourth-order valence-corrected chi connectivity index (χ4v) is 1.41. The summed E-state index contributed by atoms with van der Waals surface area (Å²) >= 11 is 0. The van der Waals surface area contributed by atoms with Crippen LogP contribution in [0.3, 0.4) is 0 Å². The molecule has 1 rings (SSSR count). The van der Waals surface area contributed by atoms with Crippen LogP contribution in [-0.2, 0) is 31.0 Å². The van der Waals surface area contributed by atoms with E-state index >= 15 is 0 Å². The maximum Gasteiger partial charge on any atom is 0 e. The first-order chi connectivity index (χ1) is 7.55. The fourth-order valence-electron chi connectivity index (χ4n) is 1.41. The second-order valence-corrected chi connectivity index (χ2v) is 3.12. The Bertz CT molecular complexity index is 276. The minimum atomic E-state index is 0. The minimum Gasteiger partial charge on any atom is 0 e. The molecule has 0 spiro atoms. The zero-order chi connectivity index (χ0) is 13.9. The van der Waals surface area contributed by atoms with Crippen LogP contribution >= 0.6 is 0 Å². The molecule has 0 aliphatic rings. The van der Waals surface area contributed by atoms with E-state index in [-0.39, 0.29) is 17.1 Å². The first-order valence-corrected chi connectivity index (χ1v) is 4.36. The summed E-state index contributed by atoms with van der Waals surface area (Å²) in [7, 11) is 0. The standard InChI is InChI=1S/C10H15.3CO.Mn/c1-6-7(2)9(4)10(5)8(6)3;3*1-2;/h1-5H3;;;;/q-1;;;;. The van der Waals surface area contributed by atoms with Crippen molar-refractivity contribution < 1.29 is 31.0 Å². The molecule has 3 nitrogen and oxygen atoms in total. The Balaban J connectivity index is -0.000000106. The average Bonchev–Trinajstić information content (AvgIpc) is 2.55. The van der Waals surface area contributed by atoms with E-state index in [9.17, 15) is 0 Å². The molecule has 0 heterocycles. The van der Waals surface area contributed by atoms with Crippen LogP contribution in [0.4, 0.5) is 0 Å². The molecule has 0 atom stereocenters. The molecule has 93 valence electrons. The molecule has 0 amide bonds. The maximum atomic E-state index is 7.50. The summed E-state index contributed by atoms with van der Waals surface area (Å²) in [6.07, 6.45) is 0. The smallest absolute Gasteiger partial charge is 0 e. The third kappa shape index (κ3) is 7.09. The van der Waals surface area contributed by atoms with Gasteiger partial charge in [0, 0.05) is 17.1 Å². The number of hydrogen-bond acceptors (Lipinski definition) is 0. The van der Waals surface area contributed by atoms with Gasteiger partial charge in [-0.3, -0.25) is 0 Å². The normalized spacial score (nSPS) is 6.53. The Morgan fingerprint density at radius 3 is 0.941 bits per heavy atom. The van der Waals surface area contributed by atoms with Gasteiger partial charge in [0.2, 0.25) is 0 Å². The van der Waals surface area contributed by atoms with Gasteiger partial charge in [-0.2, -0.15) is 27.8 Å². The molecule has 0 bridgehead atoms. The van der Waals surface area contributed by atoms with E-state index in [1.807, 2.05) is 0 Å². The first kappa shape index (κ1) is 25.1. The van der Waals surface area contributed by atoms with Crippen molar-refractivity contribution in [2.24, 2.45) is 0 Å². The molecule has 0 N–H and O–H groups in total. The molecule has 0 saturated heterocycles. The van der Waals surface area contributed by atoms with E-state index in [4.69, 9.17) is 14.0 Å². The van der Waals surface area contributed by atoms with Crippen LogP contribution in [0.2, 0.25) is 0 Å².